The van der Waals surface area contributed by atoms with Gasteiger partial charge in [0.2, 0.25) is 5.91 Å². The van der Waals surface area contributed by atoms with Crippen LogP contribution in [0.25, 0.3) is 0 Å². The van der Waals surface area contributed by atoms with E-state index in [1.54, 1.807) is 11.9 Å². The van der Waals surface area contributed by atoms with E-state index in [1.807, 2.05) is 0 Å². The van der Waals surface area contributed by atoms with E-state index in [0.29, 0.717) is 37.3 Å². The summed E-state index contributed by atoms with van der Waals surface area (Å²) in [5.74, 6) is -0.191. The summed E-state index contributed by atoms with van der Waals surface area (Å²) in [6.07, 6.45) is 2.69. The molecule has 0 unspecified atom stereocenters. The number of likely N-dealkylation sites (tertiary alicyclic amines) is 1. The lowest BCUT2D eigenvalue weighted by Gasteiger charge is -2.30. The fraction of sp³-hybridized carbons (Fsp3) is 0.545. The summed E-state index contributed by atoms with van der Waals surface area (Å²) in [5, 5.41) is 3.95. The molecule has 0 atom stereocenters. The molecule has 0 spiro atoms. The van der Waals surface area contributed by atoms with Gasteiger partial charge < -0.3 is 16.4 Å². The van der Waals surface area contributed by atoms with Gasteiger partial charge in [0.25, 0.3) is 5.91 Å². The van der Waals surface area contributed by atoms with Crippen LogP contribution in [-0.4, -0.2) is 39.6 Å². The van der Waals surface area contributed by atoms with Crippen LogP contribution in [0.3, 0.4) is 0 Å². The Labute approximate surface area is 105 Å². The van der Waals surface area contributed by atoms with E-state index in [0.717, 1.165) is 0 Å². The summed E-state index contributed by atoms with van der Waals surface area (Å²) >= 11 is 0. The van der Waals surface area contributed by atoms with Crippen molar-refractivity contribution in [3.8, 4) is 0 Å². The maximum atomic E-state index is 12.2. The minimum atomic E-state index is -0.289. The second kappa shape index (κ2) is 4.67. The maximum absolute atomic E-state index is 12.2. The normalized spacial score (nSPS) is 16.8. The van der Waals surface area contributed by atoms with Gasteiger partial charge in [-0.05, 0) is 12.8 Å². The van der Waals surface area contributed by atoms with Crippen LogP contribution in [0.15, 0.2) is 6.20 Å². The zero-order valence-corrected chi connectivity index (χ0v) is 10.3. The second-order valence-corrected chi connectivity index (χ2v) is 4.54. The maximum Gasteiger partial charge on any atom is 0.259 e. The van der Waals surface area contributed by atoms with Gasteiger partial charge >= 0.3 is 0 Å². The number of rotatable bonds is 2. The quantitative estimate of drug-likeness (QED) is 0.727. The number of primary amides is 1. The van der Waals surface area contributed by atoms with Crippen LogP contribution in [0.5, 0.6) is 0 Å². The molecule has 1 aliphatic heterocycles. The first-order valence-electron chi connectivity index (χ1n) is 5.86. The van der Waals surface area contributed by atoms with Crippen molar-refractivity contribution < 1.29 is 9.59 Å². The van der Waals surface area contributed by atoms with E-state index in [9.17, 15) is 9.59 Å². The Morgan fingerprint density at radius 3 is 2.44 bits per heavy atom. The fourth-order valence-corrected chi connectivity index (χ4v) is 2.15. The van der Waals surface area contributed by atoms with Crippen molar-refractivity contribution in [1.82, 2.24) is 14.7 Å². The molecule has 1 aliphatic rings. The number of carbonyl (C=O) groups excluding carboxylic acids is 2. The van der Waals surface area contributed by atoms with Crippen LogP contribution >= 0.6 is 0 Å². The summed E-state index contributed by atoms with van der Waals surface area (Å²) in [5.41, 5.74) is 11.4. The average Bonchev–Trinajstić information content (AvgIpc) is 2.69. The minimum Gasteiger partial charge on any atom is -0.383 e. The number of anilines is 1. The van der Waals surface area contributed by atoms with Crippen LogP contribution in [0.1, 0.15) is 23.2 Å². The molecule has 1 saturated heterocycles. The lowest BCUT2D eigenvalue weighted by molar-refractivity contribution is -0.123. The molecule has 0 aliphatic carbocycles. The molecule has 0 saturated carbocycles. The zero-order chi connectivity index (χ0) is 13.3. The average molecular weight is 251 g/mol. The van der Waals surface area contributed by atoms with E-state index in [2.05, 4.69) is 5.10 Å². The van der Waals surface area contributed by atoms with Crippen molar-refractivity contribution in [2.75, 3.05) is 18.8 Å². The molecule has 4 N–H and O–H groups in total. The van der Waals surface area contributed by atoms with E-state index >= 15 is 0 Å². The van der Waals surface area contributed by atoms with E-state index < -0.39 is 0 Å². The number of piperidine rings is 1. The van der Waals surface area contributed by atoms with Crippen molar-refractivity contribution in [1.29, 1.82) is 0 Å². The predicted octanol–water partition coefficient (Wildman–Crippen LogP) is -0.660. The Morgan fingerprint density at radius 2 is 2.00 bits per heavy atom. The molecule has 0 radical (unpaired) electrons. The van der Waals surface area contributed by atoms with E-state index in [4.69, 9.17) is 11.5 Å². The van der Waals surface area contributed by atoms with Gasteiger partial charge in [-0.2, -0.15) is 5.10 Å². The fourth-order valence-electron chi connectivity index (χ4n) is 2.15. The second-order valence-electron chi connectivity index (χ2n) is 4.54. The summed E-state index contributed by atoms with van der Waals surface area (Å²) in [6.45, 7) is 1.06. The topological polar surface area (TPSA) is 107 Å². The van der Waals surface area contributed by atoms with E-state index in [1.165, 1.54) is 10.9 Å². The molecular weight excluding hydrogens is 234 g/mol. The van der Waals surface area contributed by atoms with E-state index in [-0.39, 0.29) is 17.7 Å². The van der Waals surface area contributed by atoms with Crippen molar-refractivity contribution in [2.45, 2.75) is 12.8 Å². The lowest BCUT2D eigenvalue weighted by atomic mass is 9.96. The molecule has 0 aromatic carbocycles. The molecule has 1 fully saturated rings. The highest BCUT2D eigenvalue weighted by molar-refractivity contribution is 5.98. The van der Waals surface area contributed by atoms with Crippen LogP contribution < -0.4 is 11.5 Å². The highest BCUT2D eigenvalue weighted by Gasteiger charge is 2.28. The van der Waals surface area contributed by atoms with Crippen LogP contribution in [0.2, 0.25) is 0 Å². The van der Waals surface area contributed by atoms with Gasteiger partial charge in [-0.15, -0.1) is 0 Å². The van der Waals surface area contributed by atoms with Gasteiger partial charge in [0, 0.05) is 26.1 Å². The molecule has 2 heterocycles. The monoisotopic (exact) mass is 251 g/mol. The van der Waals surface area contributed by atoms with Crippen molar-refractivity contribution in [3.05, 3.63) is 11.8 Å². The standard InChI is InChI=1S/C11H17N5O2/c1-15-9(12)8(6-14-15)11(18)16-4-2-7(3-5-16)10(13)17/h6-7H,2-5,12H2,1H3,(H2,13,17). The first kappa shape index (κ1) is 12.4. The molecule has 0 bridgehead atoms. The third-order valence-corrected chi connectivity index (χ3v) is 3.40. The van der Waals surface area contributed by atoms with Crippen molar-refractivity contribution in [3.63, 3.8) is 0 Å². The van der Waals surface area contributed by atoms with Gasteiger partial charge in [0.05, 0.1) is 6.20 Å². The third kappa shape index (κ3) is 2.15. The summed E-state index contributed by atoms with van der Waals surface area (Å²) in [7, 11) is 1.69. The first-order valence-corrected chi connectivity index (χ1v) is 5.86. The van der Waals surface area contributed by atoms with Gasteiger partial charge in [-0.1, -0.05) is 0 Å². The van der Waals surface area contributed by atoms with Crippen LogP contribution in [0, 0.1) is 5.92 Å². The minimum absolute atomic E-state index is 0.125. The third-order valence-electron chi connectivity index (χ3n) is 3.40. The molecule has 2 amide bonds. The van der Waals surface area contributed by atoms with Crippen molar-refractivity contribution in [2.24, 2.45) is 18.7 Å². The number of carbonyl (C=O) groups is 2. The predicted molar refractivity (Wildman–Crippen MR) is 65.4 cm³/mol. The molecule has 18 heavy (non-hydrogen) atoms. The lowest BCUT2D eigenvalue weighted by Crippen LogP contribution is -2.41. The number of aromatic nitrogens is 2. The van der Waals surface area contributed by atoms with Crippen LogP contribution in [0.4, 0.5) is 5.82 Å². The molecular formula is C11H17N5O2. The van der Waals surface area contributed by atoms with Crippen molar-refractivity contribution >= 4 is 17.6 Å². The number of nitrogen functional groups attached to an aromatic ring is 1. The molecule has 1 aromatic heterocycles. The number of amides is 2. The Morgan fingerprint density at radius 1 is 1.39 bits per heavy atom. The Balaban J connectivity index is 2.04. The Kier molecular flexibility index (Phi) is 3.22. The zero-order valence-electron chi connectivity index (χ0n) is 10.3. The first-order chi connectivity index (χ1) is 8.50. The highest BCUT2D eigenvalue weighted by atomic mass is 16.2. The molecule has 2 rings (SSSR count). The summed E-state index contributed by atoms with van der Waals surface area (Å²) < 4.78 is 1.46. The largest absolute Gasteiger partial charge is 0.383 e. The number of hydrogen-bond donors (Lipinski definition) is 2. The van der Waals surface area contributed by atoms with Gasteiger partial charge in [0.15, 0.2) is 0 Å². The summed E-state index contributed by atoms with van der Waals surface area (Å²) in [4.78, 5) is 24.9. The number of hydrogen-bond acceptors (Lipinski definition) is 4. The molecule has 1 aromatic rings. The van der Waals surface area contributed by atoms with Crippen LogP contribution in [-0.2, 0) is 11.8 Å². The number of nitrogens with two attached hydrogens (primary N) is 2. The van der Waals surface area contributed by atoms with Gasteiger partial charge in [-0.3, -0.25) is 14.3 Å². The number of aryl methyl sites for hydroxylation is 1. The Bertz CT molecular complexity index is 474. The SMILES string of the molecule is Cn1ncc(C(=O)N2CCC(C(N)=O)CC2)c1N. The molecule has 7 nitrogen and oxygen atoms in total. The van der Waals surface area contributed by atoms with Gasteiger partial charge in [-0.25, -0.2) is 0 Å². The smallest absolute Gasteiger partial charge is 0.259 e. The van der Waals surface area contributed by atoms with Gasteiger partial charge in [0.1, 0.15) is 11.4 Å². The summed E-state index contributed by atoms with van der Waals surface area (Å²) in [6, 6.07) is 0. The molecule has 7 heteroatoms. The highest BCUT2D eigenvalue weighted by Crippen LogP contribution is 2.20. The Hall–Kier alpha value is -2.05. The number of nitrogens with zero attached hydrogens (tertiary/aromatic N) is 3. The molecule has 98 valence electrons.